The van der Waals surface area contributed by atoms with Crippen molar-refractivity contribution < 1.29 is 9.84 Å². The lowest BCUT2D eigenvalue weighted by Gasteiger charge is -2.21. The van der Waals surface area contributed by atoms with Crippen molar-refractivity contribution in [2.24, 2.45) is 5.73 Å². The lowest BCUT2D eigenvalue weighted by atomic mass is 9.99. The Hall–Kier alpha value is -1.07. The molecule has 3 N–H and O–H groups in total. The van der Waals surface area contributed by atoms with Gasteiger partial charge in [0.1, 0.15) is 0 Å². The molecule has 1 aromatic heterocycles. The van der Waals surface area contributed by atoms with Crippen LogP contribution in [0, 0.1) is 0 Å². The van der Waals surface area contributed by atoms with Crippen LogP contribution in [-0.4, -0.2) is 33.1 Å². The molecule has 0 radical (unpaired) electrons. The normalized spacial score (nSPS) is 14.9. The van der Waals surface area contributed by atoms with Crippen molar-refractivity contribution in [3.63, 3.8) is 0 Å². The van der Waals surface area contributed by atoms with E-state index in [1.165, 1.54) is 0 Å². The van der Waals surface area contributed by atoms with Crippen molar-refractivity contribution in [1.82, 2.24) is 9.78 Å². The van der Waals surface area contributed by atoms with Crippen LogP contribution in [0.1, 0.15) is 33.6 Å². The van der Waals surface area contributed by atoms with Crippen LogP contribution in [0.5, 0.6) is 5.75 Å². The van der Waals surface area contributed by atoms with E-state index in [0.717, 1.165) is 25.1 Å². The summed E-state index contributed by atoms with van der Waals surface area (Å²) in [6.07, 6.45) is 5.41. The second-order valence-corrected chi connectivity index (χ2v) is 5.02. The zero-order chi connectivity index (χ0) is 12.9. The topological polar surface area (TPSA) is 73.3 Å². The lowest BCUT2D eigenvalue weighted by Crippen LogP contribution is -2.40. The fourth-order valence-corrected chi connectivity index (χ4v) is 1.52. The average Bonchev–Trinajstić information content (AvgIpc) is 2.64. The molecule has 0 aliphatic carbocycles. The minimum Gasteiger partial charge on any atom is -0.488 e. The number of aliphatic hydroxyl groups is 1. The van der Waals surface area contributed by atoms with Gasteiger partial charge in [0.05, 0.1) is 25.1 Å². The Balaban J connectivity index is 2.35. The van der Waals surface area contributed by atoms with E-state index < -0.39 is 5.54 Å². The summed E-state index contributed by atoms with van der Waals surface area (Å²) in [5.74, 6) is 0.790. The number of ether oxygens (including phenoxy) is 1. The fraction of sp³-hybridized carbons (Fsp3) is 0.750. The highest BCUT2D eigenvalue weighted by Crippen LogP contribution is 2.13. The summed E-state index contributed by atoms with van der Waals surface area (Å²) in [6.45, 7) is 6.61. The molecule has 1 aromatic rings. The van der Waals surface area contributed by atoms with Crippen LogP contribution in [0.15, 0.2) is 12.4 Å². The smallest absolute Gasteiger partial charge is 0.157 e. The molecule has 0 saturated carbocycles. The average molecular weight is 241 g/mol. The Labute approximate surface area is 103 Å². The molecule has 5 heteroatoms. The lowest BCUT2D eigenvalue weighted by molar-refractivity contribution is 0.196. The molecule has 0 spiro atoms. The first kappa shape index (κ1) is 14.0. The van der Waals surface area contributed by atoms with E-state index in [-0.39, 0.29) is 12.7 Å². The van der Waals surface area contributed by atoms with E-state index in [1.807, 2.05) is 31.6 Å². The van der Waals surface area contributed by atoms with Gasteiger partial charge in [0, 0.05) is 12.1 Å². The quantitative estimate of drug-likeness (QED) is 0.751. The van der Waals surface area contributed by atoms with Crippen LogP contribution in [-0.2, 0) is 6.54 Å². The Morgan fingerprint density at radius 3 is 2.88 bits per heavy atom. The second-order valence-electron chi connectivity index (χ2n) is 5.02. The van der Waals surface area contributed by atoms with E-state index in [4.69, 9.17) is 15.6 Å². The van der Waals surface area contributed by atoms with E-state index >= 15 is 0 Å². The predicted molar refractivity (Wildman–Crippen MR) is 66.9 cm³/mol. The summed E-state index contributed by atoms with van der Waals surface area (Å²) in [5.41, 5.74) is 5.35. The molecule has 0 fully saturated rings. The number of hydrogen-bond donors (Lipinski definition) is 2. The van der Waals surface area contributed by atoms with Gasteiger partial charge < -0.3 is 15.6 Å². The van der Waals surface area contributed by atoms with Gasteiger partial charge in [-0.25, -0.2) is 0 Å². The van der Waals surface area contributed by atoms with Crippen molar-refractivity contribution in [2.45, 2.75) is 51.8 Å². The number of nitrogens with zero attached hydrogens (tertiary/aromatic N) is 2. The molecule has 1 atom stereocenters. The Morgan fingerprint density at radius 1 is 1.59 bits per heavy atom. The summed E-state index contributed by atoms with van der Waals surface area (Å²) in [5, 5.41) is 13.2. The first-order valence-electron chi connectivity index (χ1n) is 6.02. The molecule has 1 rings (SSSR count). The minimum atomic E-state index is -0.496. The second kappa shape index (κ2) is 6.02. The maximum Gasteiger partial charge on any atom is 0.157 e. The van der Waals surface area contributed by atoms with Crippen molar-refractivity contribution in [3.8, 4) is 5.75 Å². The van der Waals surface area contributed by atoms with Gasteiger partial charge in [-0.05, 0) is 33.6 Å². The van der Waals surface area contributed by atoms with Crippen LogP contribution in [0.2, 0.25) is 0 Å². The third kappa shape index (κ3) is 5.19. The van der Waals surface area contributed by atoms with Crippen molar-refractivity contribution in [3.05, 3.63) is 12.4 Å². The largest absolute Gasteiger partial charge is 0.488 e. The number of aryl methyl sites for hydroxylation is 1. The monoisotopic (exact) mass is 241 g/mol. The van der Waals surface area contributed by atoms with Crippen LogP contribution < -0.4 is 10.5 Å². The molecule has 0 aromatic carbocycles. The fourth-order valence-electron chi connectivity index (χ4n) is 1.52. The van der Waals surface area contributed by atoms with Gasteiger partial charge in [0.2, 0.25) is 0 Å². The van der Waals surface area contributed by atoms with Gasteiger partial charge in [-0.15, -0.1) is 0 Å². The highest BCUT2D eigenvalue weighted by Gasteiger charge is 2.16. The number of rotatable bonds is 7. The van der Waals surface area contributed by atoms with Crippen LogP contribution in [0.25, 0.3) is 0 Å². The van der Waals surface area contributed by atoms with Gasteiger partial charge in [-0.3, -0.25) is 4.68 Å². The van der Waals surface area contributed by atoms with Gasteiger partial charge >= 0.3 is 0 Å². The zero-order valence-corrected chi connectivity index (χ0v) is 10.9. The molecule has 0 amide bonds. The summed E-state index contributed by atoms with van der Waals surface area (Å²) in [4.78, 5) is 0. The maximum atomic E-state index is 9.03. The Bertz CT molecular complexity index is 334. The third-order valence-corrected chi connectivity index (χ3v) is 2.48. The van der Waals surface area contributed by atoms with Crippen LogP contribution in [0.3, 0.4) is 0 Å². The molecule has 1 heterocycles. The first-order chi connectivity index (χ1) is 7.93. The third-order valence-electron chi connectivity index (χ3n) is 2.48. The summed E-state index contributed by atoms with van der Waals surface area (Å²) < 4.78 is 7.35. The van der Waals surface area contributed by atoms with Crippen LogP contribution in [0.4, 0.5) is 0 Å². The highest BCUT2D eigenvalue weighted by molar-refractivity contribution is 5.11. The predicted octanol–water partition coefficient (Wildman–Crippen LogP) is 1.16. The van der Waals surface area contributed by atoms with Gasteiger partial charge in [0.25, 0.3) is 0 Å². The molecule has 17 heavy (non-hydrogen) atoms. The molecule has 0 aliphatic heterocycles. The standard InChI is InChI=1S/C12H23N3O2/c1-10(2)17-11-7-14-15(8-11)6-4-5-12(3,13)9-16/h7-8,10,16H,4-6,9,13H2,1-3H3. The van der Waals surface area contributed by atoms with E-state index in [9.17, 15) is 0 Å². The SMILES string of the molecule is CC(C)Oc1cnn(CCCC(C)(N)CO)c1. The van der Waals surface area contributed by atoms with Crippen molar-refractivity contribution >= 4 is 0 Å². The maximum absolute atomic E-state index is 9.03. The first-order valence-corrected chi connectivity index (χ1v) is 6.02. The molecule has 0 bridgehead atoms. The summed E-state index contributed by atoms with van der Waals surface area (Å²) >= 11 is 0. The minimum absolute atomic E-state index is 0.00776. The van der Waals surface area contributed by atoms with Gasteiger partial charge in [0.15, 0.2) is 5.75 Å². The Morgan fingerprint density at radius 2 is 2.29 bits per heavy atom. The van der Waals surface area contributed by atoms with Gasteiger partial charge in [-0.1, -0.05) is 0 Å². The molecule has 0 aliphatic rings. The number of nitrogens with two attached hydrogens (primary N) is 1. The van der Waals surface area contributed by atoms with Crippen molar-refractivity contribution in [1.29, 1.82) is 0 Å². The molecular formula is C12H23N3O2. The number of hydrogen-bond acceptors (Lipinski definition) is 4. The number of aromatic nitrogens is 2. The molecular weight excluding hydrogens is 218 g/mol. The molecule has 1 unspecified atom stereocenters. The summed E-state index contributed by atoms with van der Waals surface area (Å²) in [6, 6.07) is 0. The van der Waals surface area contributed by atoms with E-state index in [0.29, 0.717) is 0 Å². The van der Waals surface area contributed by atoms with Gasteiger partial charge in [-0.2, -0.15) is 5.10 Å². The highest BCUT2D eigenvalue weighted by atomic mass is 16.5. The van der Waals surface area contributed by atoms with Crippen LogP contribution >= 0.6 is 0 Å². The summed E-state index contributed by atoms with van der Waals surface area (Å²) in [7, 11) is 0. The number of aliphatic hydroxyl groups excluding tert-OH is 1. The molecule has 5 nitrogen and oxygen atoms in total. The van der Waals surface area contributed by atoms with E-state index in [1.54, 1.807) is 6.20 Å². The molecule has 98 valence electrons. The van der Waals surface area contributed by atoms with E-state index in [2.05, 4.69) is 5.10 Å². The molecule has 0 saturated heterocycles. The Kier molecular flexibility index (Phi) is 4.96. The zero-order valence-electron chi connectivity index (χ0n) is 10.9. The van der Waals surface area contributed by atoms with Crippen molar-refractivity contribution in [2.75, 3.05) is 6.61 Å².